The van der Waals surface area contributed by atoms with Gasteiger partial charge in [0.2, 0.25) is 11.9 Å². The van der Waals surface area contributed by atoms with E-state index < -0.39 is 0 Å². The summed E-state index contributed by atoms with van der Waals surface area (Å²) < 4.78 is 6.89. The number of benzene rings is 24. The van der Waals surface area contributed by atoms with Gasteiger partial charge < -0.3 is 4.57 Å². The quantitative estimate of drug-likeness (QED) is 0.112. The first-order valence-corrected chi connectivity index (χ1v) is 46.1. The first kappa shape index (κ1) is 76.9. The highest BCUT2D eigenvalue weighted by Crippen LogP contribution is 2.48. The van der Waals surface area contributed by atoms with E-state index >= 15 is 0 Å². The molecule has 0 aliphatic heterocycles. The van der Waals surface area contributed by atoms with Gasteiger partial charge in [-0.25, -0.2) is 15.0 Å². The number of para-hydroxylation sites is 4. The van der Waals surface area contributed by atoms with Crippen molar-refractivity contribution < 1.29 is 0 Å². The van der Waals surface area contributed by atoms with Crippen LogP contribution in [0.5, 0.6) is 0 Å². The Labute approximate surface area is 775 Å². The zero-order valence-corrected chi connectivity index (χ0v) is 73.1. The van der Waals surface area contributed by atoms with E-state index in [1.54, 1.807) is 0 Å². The fourth-order valence-corrected chi connectivity index (χ4v) is 21.5. The van der Waals surface area contributed by atoms with Crippen LogP contribution in [0.4, 0.5) is 0 Å². The van der Waals surface area contributed by atoms with Crippen molar-refractivity contribution in [2.75, 3.05) is 0 Å². The standard InChI is InChI=1S/C50H31N3.C43H26N4.C34H21N/c1-3-14-32(15-4-1)34-20-13-21-37(26-34)47-31-46(33-16-5-2-6-17-33)51-50(52-47)53-48-25-12-11-24-40(48)45-29-43-39-23-10-9-22-38(39)41-27-35-18-7-8-19-36(35)28-42(41)44(43)30-49(45)53;1-3-13-27(14-4-1)41-44-42(28-15-5-2-6-16-28)46-43(45-41)47-39-22-12-11-21-33(39)38-25-36-35-24-30-18-8-7-17-29(30)23-34(35)31-19-9-10-20-32(31)37(36)26-40(38)47;1-2-11-23(12-3-1)35-32-17-9-8-16-27(32)30-20-31-29(21-33(30)35)26-15-7-6-14-25(26)28-19-18-22-10-4-5-13-24(22)34(28)31/h1-31H;1-26H;1-21H. The Kier molecular flexibility index (Phi) is 17.9. The Bertz CT molecular complexity index is 9880. The molecule has 8 nitrogen and oxygen atoms in total. The van der Waals surface area contributed by atoms with Crippen molar-refractivity contribution in [3.05, 3.63) is 473 Å². The molecule has 5 heterocycles. The minimum atomic E-state index is 0.597. The lowest BCUT2D eigenvalue weighted by atomic mass is 9.90. The lowest BCUT2D eigenvalue weighted by molar-refractivity contribution is 0.954. The van der Waals surface area contributed by atoms with Crippen LogP contribution in [0, 0.1) is 0 Å². The summed E-state index contributed by atoms with van der Waals surface area (Å²) in [5.41, 5.74) is 16.0. The van der Waals surface area contributed by atoms with E-state index in [0.29, 0.717) is 23.5 Å². The molecule has 0 saturated heterocycles. The first-order valence-electron chi connectivity index (χ1n) is 46.1. The van der Waals surface area contributed by atoms with Gasteiger partial charge >= 0.3 is 0 Å². The third kappa shape index (κ3) is 12.7. The van der Waals surface area contributed by atoms with Crippen LogP contribution in [-0.4, -0.2) is 38.6 Å². The van der Waals surface area contributed by atoms with Crippen LogP contribution in [0.1, 0.15) is 0 Å². The highest BCUT2D eigenvalue weighted by atomic mass is 15.2. The number of nitrogens with zero attached hydrogens (tertiary/aromatic N) is 8. The second kappa shape index (κ2) is 31.4. The molecule has 0 bridgehead atoms. The second-order valence-corrected chi connectivity index (χ2v) is 35.2. The minimum Gasteiger partial charge on any atom is -0.309 e. The Morgan fingerprint density at radius 1 is 0.133 bits per heavy atom. The van der Waals surface area contributed by atoms with Gasteiger partial charge in [0, 0.05) is 60.3 Å². The largest absolute Gasteiger partial charge is 0.309 e. The lowest BCUT2D eigenvalue weighted by Gasteiger charge is -2.14. The maximum absolute atomic E-state index is 5.39. The number of hydrogen-bond donors (Lipinski definition) is 0. The van der Waals surface area contributed by atoms with E-state index in [-0.39, 0.29) is 0 Å². The molecule has 29 aromatic rings. The molecule has 0 atom stereocenters. The van der Waals surface area contributed by atoms with Crippen LogP contribution in [0.25, 0.3) is 269 Å². The Balaban J connectivity index is 0.000000105. The molecule has 626 valence electrons. The van der Waals surface area contributed by atoms with Gasteiger partial charge in [0.25, 0.3) is 0 Å². The number of aromatic nitrogens is 8. The third-order valence-corrected chi connectivity index (χ3v) is 27.7. The summed E-state index contributed by atoms with van der Waals surface area (Å²) in [6.45, 7) is 0. The summed E-state index contributed by atoms with van der Waals surface area (Å²) >= 11 is 0. The molecular weight excluding hydrogens is 1640 g/mol. The zero-order chi connectivity index (χ0) is 88.7. The van der Waals surface area contributed by atoms with Crippen molar-refractivity contribution in [2.45, 2.75) is 0 Å². The molecule has 0 saturated carbocycles. The first-order chi connectivity index (χ1) is 66.9. The average Bonchev–Trinajstić information content (AvgIpc) is 1.63. The van der Waals surface area contributed by atoms with Gasteiger partial charge in [-0.05, 0) is 244 Å². The van der Waals surface area contributed by atoms with E-state index in [9.17, 15) is 0 Å². The minimum absolute atomic E-state index is 0.597. The van der Waals surface area contributed by atoms with Gasteiger partial charge in [-0.1, -0.05) is 370 Å². The summed E-state index contributed by atoms with van der Waals surface area (Å²) in [6, 6.07) is 170. The molecule has 8 heteroatoms. The summed E-state index contributed by atoms with van der Waals surface area (Å²) in [5.74, 6) is 2.53. The summed E-state index contributed by atoms with van der Waals surface area (Å²) in [7, 11) is 0. The molecular formula is C127H78N8. The smallest absolute Gasteiger partial charge is 0.238 e. The SMILES string of the molecule is c1ccc(-c2cccc(-c3cc(-c4ccccc4)nc(-n4c5ccccc5c5cc6c7ccccc7c7cc8ccccc8cc7c6cc54)n3)c2)cc1.c1ccc(-c2nc(-c3ccccc3)nc(-n3c4ccccc4c4cc5c6cc7ccccc7cc6c6ccccc6c5cc43)n2)cc1.c1ccc(-n2c3ccccc3c3cc4c(cc32)c2ccccc2c2ccc3ccccc3c24)cc1. The molecule has 0 amide bonds. The average molecular weight is 1720 g/mol. The topological polar surface area (TPSA) is 79.2 Å². The van der Waals surface area contributed by atoms with Crippen molar-refractivity contribution in [1.82, 2.24) is 38.6 Å². The normalized spacial score (nSPS) is 11.9. The molecule has 0 unspecified atom stereocenters. The summed E-state index contributed by atoms with van der Waals surface area (Å²) in [6.07, 6.45) is 0. The molecule has 0 radical (unpaired) electrons. The molecule has 5 aromatic heterocycles. The maximum Gasteiger partial charge on any atom is 0.238 e. The van der Waals surface area contributed by atoms with E-state index in [1.165, 1.54) is 178 Å². The molecule has 24 aromatic carbocycles. The zero-order valence-electron chi connectivity index (χ0n) is 73.1. The van der Waals surface area contributed by atoms with Crippen molar-refractivity contribution in [2.24, 2.45) is 0 Å². The highest BCUT2D eigenvalue weighted by molar-refractivity contribution is 6.35. The molecule has 0 spiro atoms. The Morgan fingerprint density at radius 2 is 0.437 bits per heavy atom. The summed E-state index contributed by atoms with van der Waals surface area (Å²) in [4.78, 5) is 26.0. The van der Waals surface area contributed by atoms with Gasteiger partial charge in [0.15, 0.2) is 11.6 Å². The van der Waals surface area contributed by atoms with E-state index in [1.807, 2.05) is 66.7 Å². The van der Waals surface area contributed by atoms with Gasteiger partial charge in [-0.2, -0.15) is 9.97 Å². The van der Waals surface area contributed by atoms with Crippen molar-refractivity contribution in [1.29, 1.82) is 0 Å². The molecule has 0 aliphatic rings. The highest BCUT2D eigenvalue weighted by Gasteiger charge is 2.26. The van der Waals surface area contributed by atoms with E-state index in [4.69, 9.17) is 24.9 Å². The predicted octanol–water partition coefficient (Wildman–Crippen LogP) is 33.5. The van der Waals surface area contributed by atoms with Gasteiger partial charge in [-0.3, -0.25) is 9.13 Å². The fraction of sp³-hybridized carbons (Fsp3) is 0. The maximum atomic E-state index is 5.39. The molecule has 0 N–H and O–H groups in total. The predicted molar refractivity (Wildman–Crippen MR) is 569 cm³/mol. The fourth-order valence-electron chi connectivity index (χ4n) is 21.5. The molecule has 29 rings (SSSR count). The second-order valence-electron chi connectivity index (χ2n) is 35.2. The lowest BCUT2D eigenvalue weighted by Crippen LogP contribution is -2.06. The number of rotatable bonds is 8. The van der Waals surface area contributed by atoms with Crippen molar-refractivity contribution in [3.8, 4) is 74.0 Å². The van der Waals surface area contributed by atoms with Crippen LogP contribution >= 0.6 is 0 Å². The van der Waals surface area contributed by atoms with Crippen LogP contribution < -0.4 is 0 Å². The van der Waals surface area contributed by atoms with Gasteiger partial charge in [0.05, 0.1) is 44.5 Å². The summed E-state index contributed by atoms with van der Waals surface area (Å²) in [5, 5.41) is 37.7. The monoisotopic (exact) mass is 1710 g/mol. The Hall–Kier alpha value is -18.1. The van der Waals surface area contributed by atoms with Crippen LogP contribution in [-0.2, 0) is 0 Å². The van der Waals surface area contributed by atoms with E-state index in [0.717, 1.165) is 66.7 Å². The number of hydrogen-bond acceptors (Lipinski definition) is 5. The van der Waals surface area contributed by atoms with Gasteiger partial charge in [0.1, 0.15) is 0 Å². The van der Waals surface area contributed by atoms with Crippen LogP contribution in [0.2, 0.25) is 0 Å². The Morgan fingerprint density at radius 3 is 0.911 bits per heavy atom. The van der Waals surface area contributed by atoms with Crippen molar-refractivity contribution >= 4 is 195 Å². The molecule has 135 heavy (non-hydrogen) atoms. The molecule has 0 fully saturated rings. The molecule has 0 aliphatic carbocycles. The van der Waals surface area contributed by atoms with Crippen molar-refractivity contribution in [3.63, 3.8) is 0 Å². The van der Waals surface area contributed by atoms with Crippen LogP contribution in [0.3, 0.4) is 0 Å². The van der Waals surface area contributed by atoms with Crippen LogP contribution in [0.15, 0.2) is 473 Å². The third-order valence-electron chi connectivity index (χ3n) is 27.7. The van der Waals surface area contributed by atoms with Gasteiger partial charge in [-0.15, -0.1) is 0 Å². The van der Waals surface area contributed by atoms with E-state index in [2.05, 4.69) is 420 Å². The number of fused-ring (bicyclic) bond motifs is 31.